The SMILES string of the molecule is Cc1ccc(C)c(OCC(=O)N(CCC#N)Cc2cccnc2)c1. The second-order valence-electron chi connectivity index (χ2n) is 5.64. The van der Waals surface area contributed by atoms with E-state index in [1.165, 1.54) is 0 Å². The Bertz CT molecular complexity index is 723. The number of carbonyl (C=O) groups is 1. The lowest BCUT2D eigenvalue weighted by Gasteiger charge is -2.22. The molecule has 0 atom stereocenters. The van der Waals surface area contributed by atoms with Crippen LogP contribution in [0, 0.1) is 25.2 Å². The van der Waals surface area contributed by atoms with Crippen LogP contribution in [0.3, 0.4) is 0 Å². The number of amides is 1. The van der Waals surface area contributed by atoms with Crippen molar-refractivity contribution in [2.75, 3.05) is 13.2 Å². The average Bonchev–Trinajstić information content (AvgIpc) is 2.60. The summed E-state index contributed by atoms with van der Waals surface area (Å²) in [5.41, 5.74) is 3.00. The zero-order valence-electron chi connectivity index (χ0n) is 14.0. The van der Waals surface area contributed by atoms with Gasteiger partial charge in [-0.05, 0) is 42.7 Å². The van der Waals surface area contributed by atoms with Crippen LogP contribution in [0.15, 0.2) is 42.7 Å². The number of aromatic nitrogens is 1. The van der Waals surface area contributed by atoms with Crippen molar-refractivity contribution in [2.45, 2.75) is 26.8 Å². The van der Waals surface area contributed by atoms with Gasteiger partial charge >= 0.3 is 0 Å². The first-order chi connectivity index (χ1) is 11.6. The highest BCUT2D eigenvalue weighted by molar-refractivity contribution is 5.77. The van der Waals surface area contributed by atoms with Crippen molar-refractivity contribution >= 4 is 5.91 Å². The number of nitrogens with zero attached hydrogens (tertiary/aromatic N) is 3. The van der Waals surface area contributed by atoms with Crippen molar-refractivity contribution in [3.63, 3.8) is 0 Å². The molecule has 1 amide bonds. The van der Waals surface area contributed by atoms with Gasteiger partial charge in [0.25, 0.3) is 5.91 Å². The van der Waals surface area contributed by atoms with E-state index in [-0.39, 0.29) is 18.9 Å². The van der Waals surface area contributed by atoms with Gasteiger partial charge < -0.3 is 9.64 Å². The second kappa shape index (κ2) is 8.68. The van der Waals surface area contributed by atoms with Gasteiger partial charge in [0, 0.05) is 25.5 Å². The number of pyridine rings is 1. The first-order valence-corrected chi connectivity index (χ1v) is 7.84. The normalized spacial score (nSPS) is 10.0. The van der Waals surface area contributed by atoms with Gasteiger partial charge in [-0.3, -0.25) is 9.78 Å². The number of ether oxygens (including phenoxy) is 1. The molecule has 24 heavy (non-hydrogen) atoms. The number of hydrogen-bond acceptors (Lipinski definition) is 4. The molecule has 0 bridgehead atoms. The Hall–Kier alpha value is -2.87. The smallest absolute Gasteiger partial charge is 0.260 e. The van der Waals surface area contributed by atoms with E-state index in [9.17, 15) is 4.79 Å². The zero-order chi connectivity index (χ0) is 17.4. The highest BCUT2D eigenvalue weighted by atomic mass is 16.5. The van der Waals surface area contributed by atoms with Crippen LogP contribution in [-0.2, 0) is 11.3 Å². The van der Waals surface area contributed by atoms with Crippen molar-refractivity contribution in [1.29, 1.82) is 5.26 Å². The number of hydrogen-bond donors (Lipinski definition) is 0. The zero-order valence-corrected chi connectivity index (χ0v) is 14.0. The van der Waals surface area contributed by atoms with Crippen LogP contribution >= 0.6 is 0 Å². The predicted molar refractivity (Wildman–Crippen MR) is 91.3 cm³/mol. The highest BCUT2D eigenvalue weighted by Gasteiger charge is 2.15. The van der Waals surface area contributed by atoms with Crippen molar-refractivity contribution < 1.29 is 9.53 Å². The topological polar surface area (TPSA) is 66.2 Å². The third-order valence-electron chi connectivity index (χ3n) is 3.64. The maximum absolute atomic E-state index is 12.5. The highest BCUT2D eigenvalue weighted by Crippen LogP contribution is 2.19. The monoisotopic (exact) mass is 323 g/mol. The lowest BCUT2D eigenvalue weighted by molar-refractivity contribution is -0.133. The summed E-state index contributed by atoms with van der Waals surface area (Å²) in [6.07, 6.45) is 3.70. The molecule has 1 aromatic heterocycles. The standard InChI is InChI=1S/C19H21N3O2/c1-15-6-7-16(2)18(11-15)24-14-19(23)22(10-4-8-20)13-17-5-3-9-21-12-17/h3,5-7,9,11-12H,4,10,13-14H2,1-2H3. The molecule has 0 spiro atoms. The fourth-order valence-corrected chi connectivity index (χ4v) is 2.28. The maximum Gasteiger partial charge on any atom is 0.260 e. The minimum absolute atomic E-state index is 0.0457. The molecule has 0 aliphatic rings. The Morgan fingerprint density at radius 2 is 2.17 bits per heavy atom. The molecule has 2 rings (SSSR count). The van der Waals surface area contributed by atoms with Crippen LogP contribution in [0.5, 0.6) is 5.75 Å². The van der Waals surface area contributed by atoms with E-state index in [0.717, 1.165) is 16.7 Å². The first kappa shape index (κ1) is 17.5. The molecule has 0 aliphatic heterocycles. The summed E-state index contributed by atoms with van der Waals surface area (Å²) in [6, 6.07) is 11.7. The van der Waals surface area contributed by atoms with Gasteiger partial charge in [-0.2, -0.15) is 5.26 Å². The van der Waals surface area contributed by atoms with Crippen LogP contribution < -0.4 is 4.74 Å². The van der Waals surface area contributed by atoms with Crippen molar-refractivity contribution in [2.24, 2.45) is 0 Å². The van der Waals surface area contributed by atoms with Crippen LogP contribution in [0.25, 0.3) is 0 Å². The molecule has 0 saturated heterocycles. The van der Waals surface area contributed by atoms with Gasteiger partial charge in [0.05, 0.1) is 12.5 Å². The number of rotatable bonds is 7. The predicted octanol–water partition coefficient (Wildman–Crippen LogP) is 3.02. The summed E-state index contributed by atoms with van der Waals surface area (Å²) in [7, 11) is 0. The molecular formula is C19H21N3O2. The molecule has 5 nitrogen and oxygen atoms in total. The van der Waals surface area contributed by atoms with E-state index in [1.807, 2.05) is 44.2 Å². The molecule has 1 heterocycles. The summed E-state index contributed by atoms with van der Waals surface area (Å²) < 4.78 is 5.69. The van der Waals surface area contributed by atoms with Gasteiger partial charge in [-0.15, -0.1) is 0 Å². The molecule has 0 unspecified atom stereocenters. The van der Waals surface area contributed by atoms with E-state index in [1.54, 1.807) is 17.3 Å². The Kier molecular flexibility index (Phi) is 6.32. The minimum Gasteiger partial charge on any atom is -0.483 e. The van der Waals surface area contributed by atoms with Crippen molar-refractivity contribution in [3.8, 4) is 11.8 Å². The van der Waals surface area contributed by atoms with Gasteiger partial charge in [0.1, 0.15) is 5.75 Å². The Morgan fingerprint density at radius 3 is 2.88 bits per heavy atom. The van der Waals surface area contributed by atoms with Crippen molar-refractivity contribution in [1.82, 2.24) is 9.88 Å². The Labute approximate surface area is 142 Å². The molecule has 0 aliphatic carbocycles. The fourth-order valence-electron chi connectivity index (χ4n) is 2.28. The van der Waals surface area contributed by atoms with Gasteiger partial charge in [-0.25, -0.2) is 0 Å². The molecular weight excluding hydrogens is 302 g/mol. The fraction of sp³-hybridized carbons (Fsp3) is 0.316. The second-order valence-corrected chi connectivity index (χ2v) is 5.64. The van der Waals surface area contributed by atoms with Crippen LogP contribution in [0.2, 0.25) is 0 Å². The quantitative estimate of drug-likeness (QED) is 0.785. The maximum atomic E-state index is 12.5. The Balaban J connectivity index is 2.01. The first-order valence-electron chi connectivity index (χ1n) is 7.84. The molecule has 2 aromatic rings. The average molecular weight is 323 g/mol. The molecule has 0 N–H and O–H groups in total. The van der Waals surface area contributed by atoms with E-state index in [2.05, 4.69) is 11.1 Å². The van der Waals surface area contributed by atoms with Crippen LogP contribution in [0.1, 0.15) is 23.1 Å². The Morgan fingerprint density at radius 1 is 1.33 bits per heavy atom. The summed E-state index contributed by atoms with van der Waals surface area (Å²) in [5.74, 6) is 0.569. The summed E-state index contributed by atoms with van der Waals surface area (Å²) in [4.78, 5) is 18.2. The van der Waals surface area contributed by atoms with E-state index >= 15 is 0 Å². The van der Waals surface area contributed by atoms with Crippen LogP contribution in [-0.4, -0.2) is 28.9 Å². The lowest BCUT2D eigenvalue weighted by Crippen LogP contribution is -2.35. The molecule has 1 aromatic carbocycles. The van der Waals surface area contributed by atoms with Gasteiger partial charge in [-0.1, -0.05) is 18.2 Å². The van der Waals surface area contributed by atoms with E-state index in [4.69, 9.17) is 10.00 Å². The van der Waals surface area contributed by atoms with E-state index in [0.29, 0.717) is 18.8 Å². The largest absolute Gasteiger partial charge is 0.483 e. The number of nitriles is 1. The van der Waals surface area contributed by atoms with Crippen molar-refractivity contribution in [3.05, 3.63) is 59.4 Å². The summed E-state index contributed by atoms with van der Waals surface area (Å²) in [5, 5.41) is 8.81. The van der Waals surface area contributed by atoms with E-state index < -0.39 is 0 Å². The third kappa shape index (κ3) is 5.10. The molecule has 124 valence electrons. The lowest BCUT2D eigenvalue weighted by atomic mass is 10.1. The molecule has 5 heteroatoms. The summed E-state index contributed by atoms with van der Waals surface area (Å²) >= 11 is 0. The molecule has 0 radical (unpaired) electrons. The number of benzene rings is 1. The third-order valence-corrected chi connectivity index (χ3v) is 3.64. The molecule has 0 fully saturated rings. The minimum atomic E-state index is -0.144. The van der Waals surface area contributed by atoms with Gasteiger partial charge in [0.2, 0.25) is 0 Å². The number of carbonyl (C=O) groups excluding carboxylic acids is 1. The summed E-state index contributed by atoms with van der Waals surface area (Å²) in [6.45, 7) is 4.68. The van der Waals surface area contributed by atoms with Gasteiger partial charge in [0.15, 0.2) is 6.61 Å². The number of aryl methyl sites for hydroxylation is 2. The molecule has 0 saturated carbocycles. The van der Waals surface area contributed by atoms with Crippen LogP contribution in [0.4, 0.5) is 0 Å².